The third kappa shape index (κ3) is 4.75. The summed E-state index contributed by atoms with van der Waals surface area (Å²) in [6, 6.07) is 8.85. The number of fused-ring (bicyclic) bond motifs is 4. The Balaban J connectivity index is 1.42. The number of aliphatic carboxylic acids is 1. The molecule has 6 rings (SSSR count). The Kier molecular flexibility index (Phi) is 7.98. The highest BCUT2D eigenvalue weighted by molar-refractivity contribution is 6.58. The summed E-state index contributed by atoms with van der Waals surface area (Å²) in [6.07, 6.45) is 3.08. The third-order valence-electron chi connectivity index (χ3n) is 9.55. The quantitative estimate of drug-likeness (QED) is 0.166. The number of alkyl halides is 2. The van der Waals surface area contributed by atoms with Crippen molar-refractivity contribution in [2.75, 3.05) is 11.4 Å². The van der Waals surface area contributed by atoms with Gasteiger partial charge >= 0.3 is 5.97 Å². The van der Waals surface area contributed by atoms with Crippen molar-refractivity contribution in [2.24, 2.45) is 17.8 Å². The van der Waals surface area contributed by atoms with Crippen LogP contribution in [0.3, 0.4) is 0 Å². The van der Waals surface area contributed by atoms with Crippen LogP contribution in [-0.2, 0) is 24.0 Å². The summed E-state index contributed by atoms with van der Waals surface area (Å²) < 4.78 is 13.8. The predicted octanol–water partition coefficient (Wildman–Crippen LogP) is 5.39. The van der Waals surface area contributed by atoms with Crippen LogP contribution in [0.25, 0.3) is 0 Å². The number of anilines is 1. The average Bonchev–Trinajstić information content (AvgIpc) is 3.31. The molecular formula is C32H28Cl3FN2O7. The number of carboxylic acid groups (broad SMARTS) is 1. The number of carbonyl (C=O) groups is 5. The number of hydrogen-bond donors (Lipinski definition) is 2. The minimum atomic E-state index is -2.13. The topological polar surface area (TPSA) is 132 Å². The van der Waals surface area contributed by atoms with Crippen molar-refractivity contribution in [3.05, 3.63) is 70.5 Å². The van der Waals surface area contributed by atoms with Gasteiger partial charge in [0.1, 0.15) is 11.6 Å². The zero-order valence-corrected chi connectivity index (χ0v) is 26.0. The molecular weight excluding hydrogens is 650 g/mol. The molecule has 3 fully saturated rings. The number of carbonyl (C=O) groups excluding carboxylic acids is 4. The van der Waals surface area contributed by atoms with E-state index in [1.807, 2.05) is 0 Å². The van der Waals surface area contributed by atoms with E-state index in [9.17, 15) is 33.5 Å². The second kappa shape index (κ2) is 11.4. The molecule has 0 radical (unpaired) electrons. The number of imide groups is 2. The molecule has 1 saturated carbocycles. The predicted molar refractivity (Wildman–Crippen MR) is 163 cm³/mol. The fourth-order valence-electron chi connectivity index (χ4n) is 7.50. The number of halogens is 4. The van der Waals surface area contributed by atoms with Crippen molar-refractivity contribution < 1.29 is 38.6 Å². The van der Waals surface area contributed by atoms with Gasteiger partial charge in [-0.25, -0.2) is 9.29 Å². The minimum absolute atomic E-state index is 0.0105. The fraction of sp³-hybridized carbons (Fsp3) is 0.406. The van der Waals surface area contributed by atoms with Gasteiger partial charge in [-0.05, 0) is 73.6 Å². The maximum absolute atomic E-state index is 14.3. The molecule has 2 aromatic carbocycles. The Hall–Kier alpha value is -3.47. The van der Waals surface area contributed by atoms with E-state index in [2.05, 4.69) is 0 Å². The number of amides is 4. The number of aromatic hydroxyl groups is 1. The number of carboxylic acids is 1. The highest BCUT2D eigenvalue weighted by Gasteiger charge is 2.76. The molecule has 6 atom stereocenters. The first-order chi connectivity index (χ1) is 21.3. The summed E-state index contributed by atoms with van der Waals surface area (Å²) in [7, 11) is 0. The van der Waals surface area contributed by atoms with Gasteiger partial charge in [-0.1, -0.05) is 35.7 Å². The summed E-state index contributed by atoms with van der Waals surface area (Å²) in [5, 5.41) is 19.0. The molecule has 0 spiro atoms. The highest BCUT2D eigenvalue weighted by Crippen LogP contribution is 2.66. The van der Waals surface area contributed by atoms with Crippen LogP contribution in [0.4, 0.5) is 10.1 Å². The lowest BCUT2D eigenvalue weighted by molar-refractivity contribution is -0.141. The van der Waals surface area contributed by atoms with E-state index in [0.29, 0.717) is 30.4 Å². The minimum Gasteiger partial charge on any atom is -0.508 e. The Morgan fingerprint density at radius 3 is 2.33 bits per heavy atom. The number of nitrogens with zero attached hydrogens (tertiary/aromatic N) is 2. The van der Waals surface area contributed by atoms with Crippen LogP contribution in [0.5, 0.6) is 5.75 Å². The van der Waals surface area contributed by atoms with Crippen molar-refractivity contribution in [1.29, 1.82) is 0 Å². The van der Waals surface area contributed by atoms with E-state index in [-0.39, 0.29) is 48.2 Å². The number of allylic oxidation sites excluding steroid dienone is 2. The average molecular weight is 678 g/mol. The molecule has 4 aliphatic rings. The number of phenols is 1. The Labute approximate surface area is 272 Å². The van der Waals surface area contributed by atoms with Crippen molar-refractivity contribution in [3.63, 3.8) is 0 Å². The molecule has 13 heteroatoms. The van der Waals surface area contributed by atoms with Gasteiger partial charge in [0.05, 0.1) is 17.5 Å². The molecule has 2 aromatic rings. The van der Waals surface area contributed by atoms with E-state index in [0.717, 1.165) is 17.0 Å². The van der Waals surface area contributed by atoms with Crippen molar-refractivity contribution in [1.82, 2.24) is 4.90 Å². The molecule has 4 amide bonds. The monoisotopic (exact) mass is 676 g/mol. The van der Waals surface area contributed by atoms with Crippen LogP contribution < -0.4 is 4.90 Å². The van der Waals surface area contributed by atoms with E-state index in [1.165, 1.54) is 35.2 Å². The molecule has 0 unspecified atom stereocenters. The Morgan fingerprint density at radius 1 is 0.956 bits per heavy atom. The van der Waals surface area contributed by atoms with Gasteiger partial charge in [0, 0.05) is 23.9 Å². The summed E-state index contributed by atoms with van der Waals surface area (Å²) in [4.78, 5) is 64.6. The first-order valence-corrected chi connectivity index (χ1v) is 15.7. The summed E-state index contributed by atoms with van der Waals surface area (Å²) >= 11 is 21.2. The SMILES string of the molecule is O=C(O)CCCCCN1C(=O)[C@H]2[C@H](CC=C3[C@H]2C[C@@]2(Cl)C(=O)N(c4ccc(F)cc4)C(=O)[C@@]2(Cl)[C@H]3c2ccc(O)cc2Cl)C1=O. The molecule has 9 nitrogen and oxygen atoms in total. The molecule has 2 N–H and O–H groups in total. The van der Waals surface area contributed by atoms with Crippen LogP contribution in [-0.4, -0.2) is 61.0 Å². The number of benzene rings is 2. The van der Waals surface area contributed by atoms with Gasteiger partial charge in [-0.2, -0.15) is 0 Å². The maximum Gasteiger partial charge on any atom is 0.303 e. The number of likely N-dealkylation sites (tertiary alicyclic amines) is 1. The van der Waals surface area contributed by atoms with Crippen LogP contribution in [0.2, 0.25) is 5.02 Å². The highest BCUT2D eigenvalue weighted by atomic mass is 35.5. The van der Waals surface area contributed by atoms with Crippen molar-refractivity contribution in [3.8, 4) is 5.75 Å². The van der Waals surface area contributed by atoms with E-state index in [1.54, 1.807) is 6.08 Å². The first-order valence-electron chi connectivity index (χ1n) is 14.6. The summed E-state index contributed by atoms with van der Waals surface area (Å²) in [6.45, 7) is 0.126. The largest absolute Gasteiger partial charge is 0.508 e. The molecule has 2 aliphatic carbocycles. The molecule has 2 heterocycles. The maximum atomic E-state index is 14.3. The van der Waals surface area contributed by atoms with Crippen LogP contribution in [0.15, 0.2) is 54.1 Å². The van der Waals surface area contributed by atoms with Crippen molar-refractivity contribution in [2.45, 2.75) is 54.2 Å². The first kappa shape index (κ1) is 31.5. The smallest absolute Gasteiger partial charge is 0.303 e. The van der Waals surface area contributed by atoms with Crippen LogP contribution in [0, 0.1) is 23.6 Å². The Morgan fingerprint density at radius 2 is 1.67 bits per heavy atom. The van der Waals surface area contributed by atoms with Gasteiger partial charge in [0.15, 0.2) is 9.75 Å². The normalized spacial score (nSPS) is 30.7. The lowest BCUT2D eigenvalue weighted by Crippen LogP contribution is -2.60. The van der Waals surface area contributed by atoms with Gasteiger partial charge < -0.3 is 10.2 Å². The van der Waals surface area contributed by atoms with Gasteiger partial charge in [0.2, 0.25) is 11.8 Å². The van der Waals surface area contributed by atoms with E-state index in [4.69, 9.17) is 39.9 Å². The number of rotatable bonds is 8. The lowest BCUT2D eigenvalue weighted by Gasteiger charge is -2.50. The summed E-state index contributed by atoms with van der Waals surface area (Å²) in [5.41, 5.74) is 0.909. The molecule has 0 aromatic heterocycles. The molecule has 0 bridgehead atoms. The number of unbranched alkanes of at least 4 members (excludes halogenated alkanes) is 2. The zero-order chi connectivity index (χ0) is 32.4. The van der Waals surface area contributed by atoms with Gasteiger partial charge in [-0.15, -0.1) is 23.2 Å². The third-order valence-corrected chi connectivity index (χ3v) is 11.3. The lowest BCUT2D eigenvalue weighted by atomic mass is 9.56. The zero-order valence-electron chi connectivity index (χ0n) is 23.7. The number of phenolic OH excluding ortho intramolecular Hbond substituents is 1. The second-order valence-electron chi connectivity index (χ2n) is 12.0. The standard InChI is InChI=1S/C32H28Cl3FN2O7/c33-23-14-18(39)9-10-20(23)26-19-11-12-21-25(28(43)37(27(21)42)13-3-1-2-4-24(40)41)22(19)15-31(34)29(44)38(30(45)32(26,31)35)17-7-5-16(36)6-8-17/h5-11,14,21-22,25-26,39H,1-4,12-13,15H2,(H,40,41)/t21-,22+,25-,26+,31+,32-/m0/s1. The van der Waals surface area contributed by atoms with E-state index >= 15 is 0 Å². The molecule has 2 saturated heterocycles. The van der Waals surface area contributed by atoms with Crippen LogP contribution in [0.1, 0.15) is 50.0 Å². The fourth-order valence-corrected chi connectivity index (χ4v) is 8.71. The van der Waals surface area contributed by atoms with Crippen molar-refractivity contribution >= 4 is 70.1 Å². The van der Waals surface area contributed by atoms with Gasteiger partial charge in [0.25, 0.3) is 11.8 Å². The summed E-state index contributed by atoms with van der Waals surface area (Å²) in [5.74, 6) is -7.60. The van der Waals surface area contributed by atoms with Crippen LogP contribution >= 0.6 is 34.8 Å². The van der Waals surface area contributed by atoms with E-state index < -0.39 is 62.9 Å². The number of hydrogen-bond acceptors (Lipinski definition) is 6. The molecule has 45 heavy (non-hydrogen) atoms. The second-order valence-corrected chi connectivity index (χ2v) is 13.6. The Bertz CT molecular complexity index is 1670. The van der Waals surface area contributed by atoms with Gasteiger partial charge in [-0.3, -0.25) is 28.9 Å². The molecule has 236 valence electrons. The molecule has 2 aliphatic heterocycles.